The molecular formula is C28H28N4O3. The first kappa shape index (κ1) is 22.8. The maximum Gasteiger partial charge on any atom is 0.339 e. The van der Waals surface area contributed by atoms with Crippen molar-refractivity contribution in [3.05, 3.63) is 78.0 Å². The molecule has 4 aromatic rings. The van der Waals surface area contributed by atoms with Gasteiger partial charge in [0.05, 0.1) is 28.0 Å². The summed E-state index contributed by atoms with van der Waals surface area (Å²) in [6.07, 6.45) is 1.95. The second kappa shape index (κ2) is 9.70. The number of aryl methyl sites for hydroxylation is 1. The summed E-state index contributed by atoms with van der Waals surface area (Å²) in [5.41, 5.74) is 3.95. The van der Waals surface area contributed by atoms with Crippen molar-refractivity contribution in [2.24, 2.45) is 5.92 Å². The van der Waals surface area contributed by atoms with Gasteiger partial charge in [-0.15, -0.1) is 0 Å². The Morgan fingerprint density at radius 1 is 1.00 bits per heavy atom. The third-order valence-corrected chi connectivity index (χ3v) is 6.57. The third-order valence-electron chi connectivity index (χ3n) is 6.57. The zero-order valence-corrected chi connectivity index (χ0v) is 20.0. The summed E-state index contributed by atoms with van der Waals surface area (Å²) in [5.74, 6) is -0.0909. The number of nitrogens with zero attached hydrogens (tertiary/aromatic N) is 4. The Hall–Kier alpha value is -4.00. The van der Waals surface area contributed by atoms with Crippen molar-refractivity contribution in [2.45, 2.75) is 26.7 Å². The number of para-hydroxylation sites is 1. The van der Waals surface area contributed by atoms with Gasteiger partial charge in [0, 0.05) is 18.7 Å². The van der Waals surface area contributed by atoms with E-state index < -0.39 is 5.97 Å². The number of esters is 1. The van der Waals surface area contributed by atoms with Gasteiger partial charge in [-0.25, -0.2) is 14.5 Å². The molecule has 0 radical (unpaired) electrons. The number of likely N-dealkylation sites (tertiary alicyclic amines) is 1. The van der Waals surface area contributed by atoms with Crippen LogP contribution in [0.1, 0.15) is 35.8 Å². The zero-order chi connectivity index (χ0) is 24.4. The first-order valence-corrected chi connectivity index (χ1v) is 12.0. The van der Waals surface area contributed by atoms with Crippen molar-refractivity contribution in [1.82, 2.24) is 19.7 Å². The van der Waals surface area contributed by atoms with Gasteiger partial charge < -0.3 is 9.64 Å². The highest BCUT2D eigenvalue weighted by molar-refractivity contribution is 6.05. The Kier molecular flexibility index (Phi) is 6.31. The highest BCUT2D eigenvalue weighted by atomic mass is 16.5. The Bertz CT molecular complexity index is 1360. The minimum absolute atomic E-state index is 0.157. The quantitative estimate of drug-likeness (QED) is 0.393. The number of aromatic nitrogens is 3. The number of hydrogen-bond donors (Lipinski definition) is 0. The molecule has 5 rings (SSSR count). The van der Waals surface area contributed by atoms with Crippen molar-refractivity contribution in [2.75, 3.05) is 19.7 Å². The van der Waals surface area contributed by atoms with Crippen molar-refractivity contribution in [3.8, 4) is 16.9 Å². The van der Waals surface area contributed by atoms with Gasteiger partial charge in [0.25, 0.3) is 5.91 Å². The summed E-state index contributed by atoms with van der Waals surface area (Å²) in [4.78, 5) is 32.7. The number of carbonyl (C=O) groups excluding carboxylic acids is 2. The normalized spacial score (nSPS) is 14.3. The molecule has 0 aliphatic carbocycles. The van der Waals surface area contributed by atoms with E-state index in [1.54, 1.807) is 15.6 Å². The average Bonchev–Trinajstić information content (AvgIpc) is 3.24. The van der Waals surface area contributed by atoms with Crippen LogP contribution in [-0.2, 0) is 9.53 Å². The van der Waals surface area contributed by atoms with E-state index in [0.29, 0.717) is 47.0 Å². The van der Waals surface area contributed by atoms with Crippen molar-refractivity contribution >= 4 is 22.9 Å². The van der Waals surface area contributed by atoms with Crippen molar-refractivity contribution in [3.63, 3.8) is 0 Å². The summed E-state index contributed by atoms with van der Waals surface area (Å²) in [6.45, 7) is 5.18. The van der Waals surface area contributed by atoms with Gasteiger partial charge in [0.1, 0.15) is 0 Å². The number of pyridine rings is 1. The molecule has 1 saturated heterocycles. The van der Waals surface area contributed by atoms with Gasteiger partial charge in [-0.1, -0.05) is 55.5 Å². The van der Waals surface area contributed by atoms with Crippen LogP contribution in [0, 0.1) is 12.8 Å². The monoisotopic (exact) mass is 468 g/mol. The predicted molar refractivity (Wildman–Crippen MR) is 134 cm³/mol. The molecule has 2 aromatic carbocycles. The van der Waals surface area contributed by atoms with E-state index in [9.17, 15) is 9.59 Å². The van der Waals surface area contributed by atoms with E-state index in [2.05, 4.69) is 12.0 Å². The van der Waals surface area contributed by atoms with Crippen LogP contribution in [0.4, 0.5) is 0 Å². The Morgan fingerprint density at radius 2 is 1.66 bits per heavy atom. The largest absolute Gasteiger partial charge is 0.452 e. The fourth-order valence-electron chi connectivity index (χ4n) is 4.51. The first-order valence-electron chi connectivity index (χ1n) is 12.0. The van der Waals surface area contributed by atoms with E-state index in [1.807, 2.05) is 67.6 Å². The highest BCUT2D eigenvalue weighted by Gasteiger charge is 2.25. The second-order valence-corrected chi connectivity index (χ2v) is 9.09. The predicted octanol–water partition coefficient (Wildman–Crippen LogP) is 4.81. The molecule has 35 heavy (non-hydrogen) atoms. The number of amides is 1. The molecule has 7 heteroatoms. The summed E-state index contributed by atoms with van der Waals surface area (Å²) in [5, 5.41) is 5.31. The van der Waals surface area contributed by atoms with Crippen LogP contribution in [0.3, 0.4) is 0 Å². The molecule has 0 bridgehead atoms. The van der Waals surface area contributed by atoms with Gasteiger partial charge >= 0.3 is 5.97 Å². The Balaban J connectivity index is 1.52. The van der Waals surface area contributed by atoms with Crippen LogP contribution in [0.5, 0.6) is 0 Å². The zero-order valence-electron chi connectivity index (χ0n) is 20.0. The molecule has 0 spiro atoms. The van der Waals surface area contributed by atoms with E-state index in [1.165, 1.54) is 0 Å². The fourth-order valence-corrected chi connectivity index (χ4v) is 4.51. The smallest absolute Gasteiger partial charge is 0.339 e. The molecule has 1 aliphatic heterocycles. The summed E-state index contributed by atoms with van der Waals surface area (Å²) < 4.78 is 7.29. The minimum Gasteiger partial charge on any atom is -0.452 e. The van der Waals surface area contributed by atoms with Crippen LogP contribution in [0.25, 0.3) is 28.0 Å². The average molecular weight is 469 g/mol. The Labute approximate surface area is 204 Å². The van der Waals surface area contributed by atoms with Crippen LogP contribution in [0.2, 0.25) is 0 Å². The maximum absolute atomic E-state index is 13.3. The van der Waals surface area contributed by atoms with Crippen molar-refractivity contribution in [1.29, 1.82) is 0 Å². The summed E-state index contributed by atoms with van der Waals surface area (Å²) in [7, 11) is 0. The molecule has 2 aromatic heterocycles. The molecule has 0 saturated carbocycles. The van der Waals surface area contributed by atoms with Gasteiger partial charge in [-0.2, -0.15) is 5.10 Å². The lowest BCUT2D eigenvalue weighted by atomic mass is 9.99. The number of carbonyl (C=O) groups is 2. The van der Waals surface area contributed by atoms with Crippen LogP contribution < -0.4 is 0 Å². The molecule has 1 aliphatic rings. The van der Waals surface area contributed by atoms with Gasteiger partial charge in [-0.3, -0.25) is 4.79 Å². The number of fused-ring (bicyclic) bond motifs is 1. The van der Waals surface area contributed by atoms with E-state index in [-0.39, 0.29) is 12.5 Å². The van der Waals surface area contributed by atoms with Crippen molar-refractivity contribution < 1.29 is 14.3 Å². The number of ether oxygens (including phenoxy) is 1. The van der Waals surface area contributed by atoms with Gasteiger partial charge in [0.2, 0.25) is 0 Å². The molecule has 0 atom stereocenters. The third kappa shape index (κ3) is 4.67. The molecular weight excluding hydrogens is 440 g/mol. The second-order valence-electron chi connectivity index (χ2n) is 9.09. The summed E-state index contributed by atoms with van der Waals surface area (Å²) >= 11 is 0. The lowest BCUT2D eigenvalue weighted by molar-refractivity contribution is -0.135. The molecule has 7 nitrogen and oxygen atoms in total. The molecule has 178 valence electrons. The van der Waals surface area contributed by atoms with Crippen LogP contribution >= 0.6 is 0 Å². The highest BCUT2D eigenvalue weighted by Crippen LogP contribution is 2.29. The fraction of sp³-hybridized carbons (Fsp3) is 0.286. The number of benzene rings is 2. The number of rotatable bonds is 5. The van der Waals surface area contributed by atoms with Gasteiger partial charge in [0.15, 0.2) is 12.3 Å². The standard InChI is InChI=1S/C28H28N4O3/c1-19-13-15-31(16-14-19)25(33)18-35-28(34)23-17-24(21-9-5-3-6-10-21)29-27-26(23)20(2)30-32(27)22-11-7-4-8-12-22/h3-12,17,19H,13-16,18H2,1-2H3. The van der Waals surface area contributed by atoms with E-state index in [4.69, 9.17) is 9.72 Å². The maximum atomic E-state index is 13.3. The molecule has 3 heterocycles. The van der Waals surface area contributed by atoms with Crippen LogP contribution in [-0.4, -0.2) is 51.2 Å². The van der Waals surface area contributed by atoms with Gasteiger partial charge in [-0.05, 0) is 43.9 Å². The lowest BCUT2D eigenvalue weighted by Crippen LogP contribution is -2.40. The van der Waals surface area contributed by atoms with E-state index in [0.717, 1.165) is 24.1 Å². The molecule has 0 N–H and O–H groups in total. The summed E-state index contributed by atoms with van der Waals surface area (Å²) in [6, 6.07) is 21.1. The molecule has 1 amide bonds. The molecule has 1 fully saturated rings. The molecule has 0 unspecified atom stereocenters. The SMILES string of the molecule is Cc1nn(-c2ccccc2)c2nc(-c3ccccc3)cc(C(=O)OCC(=O)N3CCC(C)CC3)c12. The van der Waals surface area contributed by atoms with Crippen LogP contribution in [0.15, 0.2) is 66.7 Å². The minimum atomic E-state index is -0.552. The first-order chi connectivity index (χ1) is 17.0. The number of hydrogen-bond acceptors (Lipinski definition) is 5. The lowest BCUT2D eigenvalue weighted by Gasteiger charge is -2.30. The Morgan fingerprint density at radius 3 is 2.34 bits per heavy atom. The number of piperidine rings is 1. The van der Waals surface area contributed by atoms with E-state index >= 15 is 0 Å². The topological polar surface area (TPSA) is 77.3 Å².